The molecule has 24 heavy (non-hydrogen) atoms. The number of hydrogen-bond donors (Lipinski definition) is 2. The molecule has 0 aliphatic rings. The Labute approximate surface area is 150 Å². The van der Waals surface area contributed by atoms with Crippen LogP contribution in [0.3, 0.4) is 0 Å². The molecular weight excluding hydrogens is 312 g/mol. The number of anilines is 2. The Bertz CT molecular complexity index is 517. The summed E-state index contributed by atoms with van der Waals surface area (Å²) in [6.07, 6.45) is 0.878. The fourth-order valence-corrected chi connectivity index (χ4v) is 9.81. The van der Waals surface area contributed by atoms with E-state index in [-0.39, 0.29) is 5.41 Å². The van der Waals surface area contributed by atoms with E-state index < -0.39 is 8.32 Å². The summed E-state index contributed by atoms with van der Waals surface area (Å²) in [5.41, 5.74) is 16.4. The van der Waals surface area contributed by atoms with Crippen LogP contribution in [0.5, 0.6) is 0 Å². The molecule has 1 aromatic rings. The molecule has 4 heteroatoms. The Kier molecular flexibility index (Phi) is 6.94. The van der Waals surface area contributed by atoms with Crippen LogP contribution >= 0.6 is 0 Å². The Morgan fingerprint density at radius 2 is 1.46 bits per heavy atom. The summed E-state index contributed by atoms with van der Waals surface area (Å²) >= 11 is 0. The lowest BCUT2D eigenvalue weighted by Crippen LogP contribution is -2.49. The van der Waals surface area contributed by atoms with Gasteiger partial charge in [0.15, 0.2) is 8.32 Å². The first-order chi connectivity index (χ1) is 10.9. The smallest absolute Gasteiger partial charge is 0.200 e. The van der Waals surface area contributed by atoms with Crippen molar-refractivity contribution < 1.29 is 4.43 Å². The zero-order valence-corrected chi connectivity index (χ0v) is 17.9. The molecule has 0 heterocycles. The van der Waals surface area contributed by atoms with Gasteiger partial charge in [0.2, 0.25) is 0 Å². The normalized spacial score (nSPS) is 13.3. The second-order valence-electron chi connectivity index (χ2n) is 8.87. The van der Waals surface area contributed by atoms with Crippen LogP contribution < -0.4 is 11.5 Å². The van der Waals surface area contributed by atoms with Gasteiger partial charge in [-0.1, -0.05) is 67.5 Å². The van der Waals surface area contributed by atoms with Crippen molar-refractivity contribution in [1.82, 2.24) is 0 Å². The number of para-hydroxylation sites is 1. The minimum atomic E-state index is -1.84. The molecule has 138 valence electrons. The van der Waals surface area contributed by atoms with Crippen LogP contribution in [-0.4, -0.2) is 14.9 Å². The maximum absolute atomic E-state index is 6.79. The summed E-state index contributed by atoms with van der Waals surface area (Å²) in [5.74, 6) is 0. The minimum absolute atomic E-state index is 0.0266. The summed E-state index contributed by atoms with van der Waals surface area (Å²) < 4.78 is 6.79. The standard InChI is InChI=1S/C20H38N2OSi/c1-14(2)24(15(3)4,16(5)6)23-13-20(7,8)12-17-10-9-11-18(21)19(17)22/h9-11,14-16H,12-13,21-22H2,1-8H3. The number of nitrogens with two attached hydrogens (primary N) is 2. The van der Waals surface area contributed by atoms with Crippen LogP contribution in [-0.2, 0) is 10.8 Å². The molecule has 0 spiro atoms. The van der Waals surface area contributed by atoms with E-state index >= 15 is 0 Å². The molecule has 0 saturated heterocycles. The van der Waals surface area contributed by atoms with Gasteiger partial charge in [0.05, 0.1) is 11.4 Å². The Hall–Kier alpha value is -1.00. The molecule has 0 aromatic heterocycles. The zero-order valence-electron chi connectivity index (χ0n) is 16.9. The van der Waals surface area contributed by atoms with Gasteiger partial charge < -0.3 is 15.9 Å². The highest BCUT2D eigenvalue weighted by molar-refractivity contribution is 6.77. The van der Waals surface area contributed by atoms with Crippen molar-refractivity contribution in [3.8, 4) is 0 Å². The fraction of sp³-hybridized carbons (Fsp3) is 0.700. The van der Waals surface area contributed by atoms with Gasteiger partial charge in [0.25, 0.3) is 0 Å². The first kappa shape index (κ1) is 21.0. The molecule has 4 N–H and O–H groups in total. The van der Waals surface area contributed by atoms with Crippen LogP contribution in [0.15, 0.2) is 18.2 Å². The second kappa shape index (κ2) is 7.92. The summed E-state index contributed by atoms with van der Waals surface area (Å²) in [4.78, 5) is 0. The quantitative estimate of drug-likeness (QED) is 0.473. The van der Waals surface area contributed by atoms with Gasteiger partial charge in [-0.2, -0.15) is 0 Å². The monoisotopic (exact) mass is 350 g/mol. The fourth-order valence-electron chi connectivity index (χ4n) is 4.17. The highest BCUT2D eigenvalue weighted by Gasteiger charge is 2.45. The van der Waals surface area contributed by atoms with Crippen molar-refractivity contribution in [2.45, 2.75) is 78.4 Å². The van der Waals surface area contributed by atoms with E-state index in [0.717, 1.165) is 18.6 Å². The summed E-state index contributed by atoms with van der Waals surface area (Å²) in [6.45, 7) is 19.3. The molecule has 0 fully saturated rings. The molecule has 0 amide bonds. The average Bonchev–Trinajstić information content (AvgIpc) is 2.43. The molecule has 1 rings (SSSR count). The van der Waals surface area contributed by atoms with Gasteiger partial charge in [-0.25, -0.2) is 0 Å². The molecule has 0 saturated carbocycles. The minimum Gasteiger partial charge on any atom is -0.415 e. The molecule has 0 bridgehead atoms. The van der Waals surface area contributed by atoms with E-state index in [1.165, 1.54) is 0 Å². The first-order valence-corrected chi connectivity index (χ1v) is 11.3. The molecule has 0 aliphatic heterocycles. The van der Waals surface area contributed by atoms with Crippen molar-refractivity contribution in [2.75, 3.05) is 18.1 Å². The third-order valence-corrected chi connectivity index (χ3v) is 11.4. The van der Waals surface area contributed by atoms with Crippen molar-refractivity contribution in [3.05, 3.63) is 23.8 Å². The van der Waals surface area contributed by atoms with Crippen LogP contribution in [0.4, 0.5) is 11.4 Å². The third-order valence-electron chi connectivity index (χ3n) is 5.32. The number of hydrogen-bond acceptors (Lipinski definition) is 3. The predicted octanol–water partition coefficient (Wildman–Crippen LogP) is 5.61. The van der Waals surface area contributed by atoms with Gasteiger partial charge in [-0.05, 0) is 40.1 Å². The van der Waals surface area contributed by atoms with E-state index in [2.05, 4.69) is 61.5 Å². The topological polar surface area (TPSA) is 61.3 Å². The van der Waals surface area contributed by atoms with Crippen LogP contribution in [0.1, 0.15) is 61.0 Å². The van der Waals surface area contributed by atoms with Crippen molar-refractivity contribution in [3.63, 3.8) is 0 Å². The molecule has 0 radical (unpaired) electrons. The average molecular weight is 351 g/mol. The number of rotatable bonds is 8. The second-order valence-corrected chi connectivity index (χ2v) is 14.3. The number of nitrogen functional groups attached to an aromatic ring is 2. The molecule has 1 aromatic carbocycles. The summed E-state index contributed by atoms with van der Waals surface area (Å²) in [7, 11) is -1.84. The molecule has 0 aliphatic carbocycles. The highest BCUT2D eigenvalue weighted by Crippen LogP contribution is 2.43. The van der Waals surface area contributed by atoms with Gasteiger partial charge in [0, 0.05) is 6.61 Å². The maximum atomic E-state index is 6.79. The summed E-state index contributed by atoms with van der Waals surface area (Å²) in [5, 5.41) is 0. The molecule has 0 unspecified atom stereocenters. The van der Waals surface area contributed by atoms with Crippen LogP contribution in [0, 0.1) is 5.41 Å². The molecular formula is C20H38N2OSi. The third kappa shape index (κ3) is 4.54. The van der Waals surface area contributed by atoms with Crippen molar-refractivity contribution >= 4 is 19.7 Å². The van der Waals surface area contributed by atoms with E-state index in [0.29, 0.717) is 28.0 Å². The Balaban J connectivity index is 2.95. The van der Waals surface area contributed by atoms with Gasteiger partial charge in [-0.15, -0.1) is 0 Å². The van der Waals surface area contributed by atoms with Gasteiger partial charge >= 0.3 is 0 Å². The Morgan fingerprint density at radius 3 is 1.92 bits per heavy atom. The Morgan fingerprint density at radius 1 is 0.958 bits per heavy atom. The number of benzene rings is 1. The van der Waals surface area contributed by atoms with Crippen LogP contribution in [0.25, 0.3) is 0 Å². The summed E-state index contributed by atoms with van der Waals surface area (Å²) in [6, 6.07) is 5.91. The van der Waals surface area contributed by atoms with Crippen molar-refractivity contribution in [2.24, 2.45) is 5.41 Å². The highest BCUT2D eigenvalue weighted by atomic mass is 28.4. The van der Waals surface area contributed by atoms with Gasteiger partial charge in [0.1, 0.15) is 0 Å². The zero-order chi connectivity index (χ0) is 18.7. The van der Waals surface area contributed by atoms with Crippen molar-refractivity contribution in [1.29, 1.82) is 0 Å². The maximum Gasteiger partial charge on any atom is 0.200 e. The SMILES string of the molecule is CC(C)[Si](OCC(C)(C)Cc1cccc(N)c1N)(C(C)C)C(C)C. The molecule has 3 nitrogen and oxygen atoms in total. The van der Waals surface area contributed by atoms with Gasteiger partial charge in [-0.3, -0.25) is 0 Å². The lowest BCUT2D eigenvalue weighted by Gasteiger charge is -2.44. The van der Waals surface area contributed by atoms with E-state index in [4.69, 9.17) is 15.9 Å². The van der Waals surface area contributed by atoms with E-state index in [9.17, 15) is 0 Å². The lowest BCUT2D eigenvalue weighted by atomic mass is 9.86. The lowest BCUT2D eigenvalue weighted by molar-refractivity contribution is 0.159. The van der Waals surface area contributed by atoms with E-state index in [1.807, 2.05) is 12.1 Å². The molecule has 0 atom stereocenters. The van der Waals surface area contributed by atoms with E-state index in [1.54, 1.807) is 0 Å². The first-order valence-electron chi connectivity index (χ1n) is 9.20. The predicted molar refractivity (Wildman–Crippen MR) is 110 cm³/mol. The largest absolute Gasteiger partial charge is 0.415 e. The van der Waals surface area contributed by atoms with Crippen LogP contribution in [0.2, 0.25) is 16.6 Å².